The fraction of sp³-hybridized carbons (Fsp3) is 0.467. The van der Waals surface area contributed by atoms with Gasteiger partial charge in [-0.3, -0.25) is 0 Å². The molecule has 1 N–H and O–H groups in total. The first-order chi connectivity index (χ1) is 9.33. The predicted molar refractivity (Wildman–Crippen MR) is 75.4 cm³/mol. The lowest BCUT2D eigenvalue weighted by atomic mass is 10.00. The molecule has 0 aliphatic rings. The molecule has 0 radical (unpaired) electrons. The van der Waals surface area contributed by atoms with E-state index in [-0.39, 0.29) is 0 Å². The van der Waals surface area contributed by atoms with Crippen molar-refractivity contribution in [3.63, 3.8) is 0 Å². The second-order valence-electron chi connectivity index (χ2n) is 4.59. The van der Waals surface area contributed by atoms with Gasteiger partial charge in [0.05, 0.1) is 18.5 Å². The van der Waals surface area contributed by atoms with Crippen LogP contribution in [-0.4, -0.2) is 22.0 Å². The number of benzene rings is 1. The van der Waals surface area contributed by atoms with Gasteiger partial charge in [-0.25, -0.2) is 0 Å². The molecule has 1 aromatic carbocycles. The molecule has 0 spiro atoms. The van der Waals surface area contributed by atoms with Gasteiger partial charge in [0, 0.05) is 0 Å². The minimum absolute atomic E-state index is 0.779. The van der Waals surface area contributed by atoms with Gasteiger partial charge in [-0.2, -0.15) is 15.4 Å². The molecule has 19 heavy (non-hydrogen) atoms. The summed E-state index contributed by atoms with van der Waals surface area (Å²) in [5.74, 6) is 0.976. The van der Waals surface area contributed by atoms with Crippen LogP contribution in [0.4, 0.5) is 0 Å². The van der Waals surface area contributed by atoms with Crippen LogP contribution < -0.4 is 4.74 Å². The molecule has 0 amide bonds. The molecule has 1 heterocycles. The number of hydrogen-bond donors (Lipinski definition) is 1. The van der Waals surface area contributed by atoms with E-state index in [9.17, 15) is 0 Å². The molecule has 0 bridgehead atoms. The second kappa shape index (κ2) is 6.92. The van der Waals surface area contributed by atoms with Gasteiger partial charge in [-0.1, -0.05) is 19.9 Å². The second-order valence-corrected chi connectivity index (χ2v) is 4.59. The number of aromatic amines is 1. The Morgan fingerprint density at radius 1 is 1.16 bits per heavy atom. The van der Waals surface area contributed by atoms with E-state index < -0.39 is 0 Å². The van der Waals surface area contributed by atoms with Gasteiger partial charge < -0.3 is 4.74 Å². The van der Waals surface area contributed by atoms with Crippen LogP contribution in [0.1, 0.15) is 37.1 Å². The summed E-state index contributed by atoms with van der Waals surface area (Å²) in [5.41, 5.74) is 3.74. The van der Waals surface area contributed by atoms with E-state index in [1.54, 1.807) is 6.20 Å². The van der Waals surface area contributed by atoms with Gasteiger partial charge in [-0.05, 0) is 48.9 Å². The summed E-state index contributed by atoms with van der Waals surface area (Å²) in [6, 6.07) is 6.39. The van der Waals surface area contributed by atoms with Crippen LogP contribution >= 0.6 is 0 Å². The molecule has 0 atom stereocenters. The van der Waals surface area contributed by atoms with Gasteiger partial charge in [0.25, 0.3) is 0 Å². The molecule has 0 saturated heterocycles. The zero-order valence-corrected chi connectivity index (χ0v) is 11.6. The smallest absolute Gasteiger partial charge is 0.119 e. The quantitative estimate of drug-likeness (QED) is 0.831. The third-order valence-corrected chi connectivity index (χ3v) is 3.15. The summed E-state index contributed by atoms with van der Waals surface area (Å²) in [7, 11) is 0. The molecule has 0 saturated carbocycles. The minimum atomic E-state index is 0.779. The van der Waals surface area contributed by atoms with Crippen molar-refractivity contribution in [3.05, 3.63) is 41.2 Å². The van der Waals surface area contributed by atoms with Gasteiger partial charge in [0.15, 0.2) is 0 Å². The molecule has 1 aromatic heterocycles. The maximum Gasteiger partial charge on any atom is 0.119 e. The highest BCUT2D eigenvalue weighted by atomic mass is 16.5. The minimum Gasteiger partial charge on any atom is -0.494 e. The van der Waals surface area contributed by atoms with Crippen LogP contribution in [0.15, 0.2) is 24.4 Å². The van der Waals surface area contributed by atoms with E-state index in [1.165, 1.54) is 11.1 Å². The molecule has 102 valence electrons. The van der Waals surface area contributed by atoms with E-state index in [4.69, 9.17) is 4.74 Å². The molecule has 0 aliphatic carbocycles. The number of nitrogens with zero attached hydrogens (tertiary/aromatic N) is 2. The third kappa shape index (κ3) is 3.81. The Labute approximate surface area is 114 Å². The van der Waals surface area contributed by atoms with Crippen molar-refractivity contribution in [1.82, 2.24) is 15.4 Å². The van der Waals surface area contributed by atoms with Crippen LogP contribution in [0.5, 0.6) is 5.75 Å². The lowest BCUT2D eigenvalue weighted by molar-refractivity contribution is 0.317. The summed E-state index contributed by atoms with van der Waals surface area (Å²) in [6.45, 7) is 5.08. The van der Waals surface area contributed by atoms with Crippen molar-refractivity contribution in [2.45, 2.75) is 39.5 Å². The highest BCUT2D eigenvalue weighted by molar-refractivity contribution is 5.36. The summed E-state index contributed by atoms with van der Waals surface area (Å²) >= 11 is 0. The molecule has 4 heteroatoms. The zero-order valence-electron chi connectivity index (χ0n) is 11.6. The lowest BCUT2D eigenvalue weighted by Gasteiger charge is -2.11. The van der Waals surface area contributed by atoms with Crippen LogP contribution in [-0.2, 0) is 19.3 Å². The van der Waals surface area contributed by atoms with Crippen molar-refractivity contribution >= 4 is 0 Å². The Morgan fingerprint density at radius 2 is 2.05 bits per heavy atom. The summed E-state index contributed by atoms with van der Waals surface area (Å²) < 4.78 is 5.68. The lowest BCUT2D eigenvalue weighted by Crippen LogP contribution is -2.00. The number of aryl methyl sites for hydroxylation is 3. The van der Waals surface area contributed by atoms with Crippen molar-refractivity contribution < 1.29 is 4.74 Å². The fourth-order valence-electron chi connectivity index (χ4n) is 2.09. The number of hydrogen-bond acceptors (Lipinski definition) is 3. The van der Waals surface area contributed by atoms with Gasteiger partial charge >= 0.3 is 0 Å². The normalized spacial score (nSPS) is 10.6. The largest absolute Gasteiger partial charge is 0.494 e. The first-order valence-electron chi connectivity index (χ1n) is 6.92. The number of H-pyrrole nitrogens is 1. The topological polar surface area (TPSA) is 50.8 Å². The summed E-state index contributed by atoms with van der Waals surface area (Å²) in [4.78, 5) is 0. The van der Waals surface area contributed by atoms with E-state index in [1.807, 2.05) is 0 Å². The van der Waals surface area contributed by atoms with Crippen molar-refractivity contribution in [2.75, 3.05) is 6.61 Å². The van der Waals surface area contributed by atoms with E-state index >= 15 is 0 Å². The van der Waals surface area contributed by atoms with Crippen molar-refractivity contribution in [1.29, 1.82) is 0 Å². The van der Waals surface area contributed by atoms with Gasteiger partial charge in [-0.15, -0.1) is 0 Å². The number of nitrogens with one attached hydrogen (secondary N) is 1. The molecule has 2 rings (SSSR count). The van der Waals surface area contributed by atoms with E-state index in [0.717, 1.165) is 43.7 Å². The molecule has 0 aliphatic heterocycles. The third-order valence-electron chi connectivity index (χ3n) is 3.15. The Balaban J connectivity index is 2.03. The SMILES string of the molecule is CCCOc1ccc(CCc2cn[nH]n2)c(CC)c1. The highest BCUT2D eigenvalue weighted by Gasteiger charge is 2.05. The average Bonchev–Trinajstić information content (AvgIpc) is 2.96. The Hall–Kier alpha value is -1.84. The van der Waals surface area contributed by atoms with Crippen molar-refractivity contribution in [2.24, 2.45) is 0 Å². The highest BCUT2D eigenvalue weighted by Crippen LogP contribution is 2.20. The maximum atomic E-state index is 5.68. The summed E-state index contributed by atoms with van der Waals surface area (Å²) in [6.07, 6.45) is 5.75. The average molecular weight is 259 g/mol. The van der Waals surface area contributed by atoms with Crippen LogP contribution in [0.2, 0.25) is 0 Å². The van der Waals surface area contributed by atoms with Crippen molar-refractivity contribution in [3.8, 4) is 5.75 Å². The predicted octanol–water partition coefficient (Wildman–Crippen LogP) is 2.94. The Kier molecular flexibility index (Phi) is 4.95. The Bertz CT molecular complexity index is 494. The fourth-order valence-corrected chi connectivity index (χ4v) is 2.09. The molecule has 2 aromatic rings. The van der Waals surface area contributed by atoms with Crippen LogP contribution in [0.25, 0.3) is 0 Å². The van der Waals surface area contributed by atoms with E-state index in [2.05, 4.69) is 47.5 Å². The molecular weight excluding hydrogens is 238 g/mol. The van der Waals surface area contributed by atoms with E-state index in [0.29, 0.717) is 0 Å². The van der Waals surface area contributed by atoms with Gasteiger partial charge in [0.1, 0.15) is 5.75 Å². The molecule has 0 unspecified atom stereocenters. The Morgan fingerprint density at radius 3 is 2.74 bits per heavy atom. The first kappa shape index (κ1) is 13.6. The summed E-state index contributed by atoms with van der Waals surface area (Å²) in [5, 5.41) is 10.6. The maximum absolute atomic E-state index is 5.68. The molecular formula is C15H21N3O. The van der Waals surface area contributed by atoms with Crippen LogP contribution in [0.3, 0.4) is 0 Å². The zero-order chi connectivity index (χ0) is 13.5. The number of rotatable bonds is 7. The molecule has 4 nitrogen and oxygen atoms in total. The first-order valence-corrected chi connectivity index (χ1v) is 6.92. The number of aromatic nitrogens is 3. The molecule has 0 fully saturated rings. The monoisotopic (exact) mass is 259 g/mol. The van der Waals surface area contributed by atoms with Crippen LogP contribution in [0, 0.1) is 0 Å². The number of ether oxygens (including phenoxy) is 1. The standard InChI is InChI=1S/C15H21N3O/c1-3-9-19-15-8-6-13(12(4-2)10-15)5-7-14-11-16-18-17-14/h6,8,10-11H,3-5,7,9H2,1-2H3,(H,16,17,18). The van der Waals surface area contributed by atoms with Gasteiger partial charge in [0.2, 0.25) is 0 Å².